The molecule has 0 saturated carbocycles. The summed E-state index contributed by atoms with van der Waals surface area (Å²) in [4.78, 5) is 16.7. The van der Waals surface area contributed by atoms with Crippen LogP contribution >= 0.6 is 0 Å². The summed E-state index contributed by atoms with van der Waals surface area (Å²) >= 11 is 0. The summed E-state index contributed by atoms with van der Waals surface area (Å²) in [5.74, 6) is -0.975. The number of carbonyl (C=O) groups excluding carboxylic acids is 1. The first kappa shape index (κ1) is 22.6. The third-order valence-corrected chi connectivity index (χ3v) is 5.12. The molecule has 1 saturated heterocycles. The van der Waals surface area contributed by atoms with Crippen LogP contribution in [0.5, 0.6) is 5.75 Å². The molecule has 1 fully saturated rings. The zero-order valence-corrected chi connectivity index (χ0v) is 17.5. The number of benzene rings is 1. The predicted molar refractivity (Wildman–Crippen MR) is 113 cm³/mol. The number of anilines is 1. The minimum atomic E-state index is -4.91. The number of alkyl halides is 3. The fourth-order valence-electron chi connectivity index (χ4n) is 3.64. The van der Waals surface area contributed by atoms with Gasteiger partial charge >= 0.3 is 6.36 Å². The first-order valence-electron chi connectivity index (χ1n) is 10.4. The van der Waals surface area contributed by atoms with Crippen molar-refractivity contribution in [1.29, 1.82) is 0 Å². The molecule has 11 heteroatoms. The lowest BCUT2D eigenvalue weighted by atomic mass is 10.1. The van der Waals surface area contributed by atoms with Crippen molar-refractivity contribution >= 4 is 11.7 Å². The number of rotatable bonds is 6. The fraction of sp³-hybridized carbons (Fsp3) is 0.318. The van der Waals surface area contributed by atoms with Crippen LogP contribution in [0.15, 0.2) is 48.7 Å². The standard InChI is InChI=1S/C22H22F3N5O3/c23-22(24,25)33-18-8-2-1-6-16(18)21(31)28-13-14-12-17(15-7-5-10-27-20(15)26)30(29-14)19-9-3-4-11-32-19/h1-2,5-8,10,12,19H,3-4,9,11,13H2,(H2,26,27)(H,28,31). The number of para-hydroxylation sites is 1. The van der Waals surface area contributed by atoms with Gasteiger partial charge in [-0.2, -0.15) is 5.10 Å². The Morgan fingerprint density at radius 1 is 1.24 bits per heavy atom. The average Bonchev–Trinajstić information content (AvgIpc) is 3.22. The summed E-state index contributed by atoms with van der Waals surface area (Å²) in [6, 6.07) is 10.5. The molecule has 3 heterocycles. The number of hydrogen-bond acceptors (Lipinski definition) is 6. The van der Waals surface area contributed by atoms with Gasteiger partial charge in [-0.05, 0) is 49.6 Å². The lowest BCUT2D eigenvalue weighted by Gasteiger charge is -2.24. The van der Waals surface area contributed by atoms with Crippen LogP contribution in [0.3, 0.4) is 0 Å². The molecule has 0 aliphatic carbocycles. The van der Waals surface area contributed by atoms with Crippen LogP contribution in [0.25, 0.3) is 11.3 Å². The maximum absolute atomic E-state index is 12.7. The second-order valence-corrected chi connectivity index (χ2v) is 7.45. The van der Waals surface area contributed by atoms with E-state index in [0.29, 0.717) is 29.4 Å². The van der Waals surface area contributed by atoms with Gasteiger partial charge in [-0.3, -0.25) is 4.79 Å². The highest BCUT2D eigenvalue weighted by molar-refractivity contribution is 5.96. The van der Waals surface area contributed by atoms with Crippen LogP contribution in [0.4, 0.5) is 19.0 Å². The number of hydrogen-bond donors (Lipinski definition) is 2. The first-order valence-corrected chi connectivity index (χ1v) is 10.4. The highest BCUT2D eigenvalue weighted by Gasteiger charge is 2.33. The highest BCUT2D eigenvalue weighted by atomic mass is 19.4. The van der Waals surface area contributed by atoms with Gasteiger partial charge in [-0.1, -0.05) is 12.1 Å². The quantitative estimate of drug-likeness (QED) is 0.574. The largest absolute Gasteiger partial charge is 0.573 e. The molecule has 3 aromatic rings. The van der Waals surface area contributed by atoms with Crippen LogP contribution in [0.2, 0.25) is 0 Å². The van der Waals surface area contributed by atoms with Crippen molar-refractivity contribution in [3.63, 3.8) is 0 Å². The minimum absolute atomic E-state index is 0.0218. The summed E-state index contributed by atoms with van der Waals surface area (Å²) in [6.07, 6.45) is -0.910. The van der Waals surface area contributed by atoms with Gasteiger partial charge in [-0.15, -0.1) is 13.2 Å². The molecular weight excluding hydrogens is 439 g/mol. The summed E-state index contributed by atoms with van der Waals surface area (Å²) in [6.45, 7) is 0.584. The SMILES string of the molecule is Nc1ncccc1-c1cc(CNC(=O)c2ccccc2OC(F)(F)F)nn1C1CCCCO1. The maximum Gasteiger partial charge on any atom is 0.573 e. The second kappa shape index (κ2) is 9.49. The van der Waals surface area contributed by atoms with Crippen LogP contribution in [0, 0.1) is 0 Å². The Morgan fingerprint density at radius 2 is 2.06 bits per heavy atom. The van der Waals surface area contributed by atoms with Crippen LogP contribution in [-0.2, 0) is 11.3 Å². The molecule has 0 bridgehead atoms. The third-order valence-electron chi connectivity index (χ3n) is 5.12. The molecule has 1 aromatic carbocycles. The molecule has 3 N–H and O–H groups in total. The van der Waals surface area contributed by atoms with Gasteiger partial charge < -0.3 is 20.5 Å². The topological polar surface area (TPSA) is 104 Å². The lowest BCUT2D eigenvalue weighted by Crippen LogP contribution is -2.26. The zero-order valence-electron chi connectivity index (χ0n) is 17.5. The Balaban J connectivity index is 1.57. The van der Waals surface area contributed by atoms with Crippen molar-refractivity contribution in [2.24, 2.45) is 0 Å². The number of ether oxygens (including phenoxy) is 2. The molecule has 4 rings (SSSR count). The van der Waals surface area contributed by atoms with Gasteiger partial charge in [0, 0.05) is 18.4 Å². The highest BCUT2D eigenvalue weighted by Crippen LogP contribution is 2.31. The number of amides is 1. The van der Waals surface area contributed by atoms with E-state index in [1.54, 1.807) is 23.0 Å². The smallest absolute Gasteiger partial charge is 0.405 e. The van der Waals surface area contributed by atoms with Gasteiger partial charge in [0.25, 0.3) is 5.91 Å². The van der Waals surface area contributed by atoms with Gasteiger partial charge in [0.1, 0.15) is 11.6 Å². The van der Waals surface area contributed by atoms with E-state index in [-0.39, 0.29) is 18.3 Å². The number of carbonyl (C=O) groups is 1. The second-order valence-electron chi connectivity index (χ2n) is 7.45. The molecule has 174 valence electrons. The summed E-state index contributed by atoms with van der Waals surface area (Å²) in [5.41, 5.74) is 7.66. The molecule has 1 aliphatic rings. The molecule has 0 spiro atoms. The van der Waals surface area contributed by atoms with Gasteiger partial charge in [0.15, 0.2) is 6.23 Å². The van der Waals surface area contributed by atoms with E-state index in [1.807, 2.05) is 6.07 Å². The molecule has 1 amide bonds. The number of nitrogens with zero attached hydrogens (tertiary/aromatic N) is 3. The van der Waals surface area contributed by atoms with Crippen molar-refractivity contribution in [2.75, 3.05) is 12.3 Å². The fourth-order valence-corrected chi connectivity index (χ4v) is 3.64. The molecule has 0 radical (unpaired) electrons. The number of pyridine rings is 1. The number of nitrogens with one attached hydrogen (secondary N) is 1. The molecule has 1 aliphatic heterocycles. The predicted octanol–water partition coefficient (Wildman–Crippen LogP) is 4.06. The van der Waals surface area contributed by atoms with Crippen molar-refractivity contribution < 1.29 is 27.4 Å². The molecule has 8 nitrogen and oxygen atoms in total. The Labute approximate surface area is 187 Å². The summed E-state index contributed by atoms with van der Waals surface area (Å²) < 4.78 is 49.5. The molecule has 1 unspecified atom stereocenters. The van der Waals surface area contributed by atoms with Gasteiger partial charge in [0.2, 0.25) is 0 Å². The number of nitrogen functional groups attached to an aromatic ring is 1. The Hall–Kier alpha value is -3.60. The van der Waals surface area contributed by atoms with E-state index >= 15 is 0 Å². The van der Waals surface area contributed by atoms with Crippen LogP contribution in [0.1, 0.15) is 41.5 Å². The van der Waals surface area contributed by atoms with E-state index in [9.17, 15) is 18.0 Å². The van der Waals surface area contributed by atoms with Crippen molar-refractivity contribution in [1.82, 2.24) is 20.1 Å². The van der Waals surface area contributed by atoms with Crippen molar-refractivity contribution in [3.05, 3.63) is 59.9 Å². The molecule has 2 aromatic heterocycles. The van der Waals surface area contributed by atoms with Crippen molar-refractivity contribution in [2.45, 2.75) is 38.4 Å². The monoisotopic (exact) mass is 461 g/mol. The van der Waals surface area contributed by atoms with E-state index in [0.717, 1.165) is 25.3 Å². The van der Waals surface area contributed by atoms with E-state index in [4.69, 9.17) is 10.5 Å². The Kier molecular flexibility index (Phi) is 6.50. The summed E-state index contributed by atoms with van der Waals surface area (Å²) in [5, 5.41) is 7.18. The van der Waals surface area contributed by atoms with Gasteiger partial charge in [0.05, 0.1) is 23.5 Å². The van der Waals surface area contributed by atoms with Crippen molar-refractivity contribution in [3.8, 4) is 17.0 Å². The molecule has 33 heavy (non-hydrogen) atoms. The van der Waals surface area contributed by atoms with Crippen LogP contribution < -0.4 is 15.8 Å². The average molecular weight is 461 g/mol. The van der Waals surface area contributed by atoms with E-state index in [2.05, 4.69) is 20.1 Å². The maximum atomic E-state index is 12.7. The summed E-state index contributed by atoms with van der Waals surface area (Å²) in [7, 11) is 0. The normalized spacial score (nSPS) is 16.4. The Bertz CT molecular complexity index is 1130. The number of halogens is 3. The Morgan fingerprint density at radius 3 is 2.79 bits per heavy atom. The van der Waals surface area contributed by atoms with E-state index < -0.39 is 18.0 Å². The van der Waals surface area contributed by atoms with Gasteiger partial charge in [-0.25, -0.2) is 9.67 Å². The zero-order chi connectivity index (χ0) is 23.4. The molecular formula is C22H22F3N5O3. The number of aromatic nitrogens is 3. The number of nitrogens with two attached hydrogens (primary N) is 1. The first-order chi connectivity index (χ1) is 15.8. The van der Waals surface area contributed by atoms with E-state index in [1.165, 1.54) is 18.2 Å². The molecule has 1 atom stereocenters. The lowest BCUT2D eigenvalue weighted by molar-refractivity contribution is -0.274. The minimum Gasteiger partial charge on any atom is -0.405 e. The third kappa shape index (κ3) is 5.43. The van der Waals surface area contributed by atoms with Crippen LogP contribution in [-0.4, -0.2) is 33.6 Å².